The lowest BCUT2D eigenvalue weighted by Gasteiger charge is -2.23. The van der Waals surface area contributed by atoms with Crippen molar-refractivity contribution in [3.05, 3.63) is 24.4 Å². The molecule has 0 fully saturated rings. The molecule has 0 spiro atoms. The molecule has 0 aliphatic rings. The summed E-state index contributed by atoms with van der Waals surface area (Å²) >= 11 is 0. The van der Waals surface area contributed by atoms with Crippen LogP contribution in [-0.4, -0.2) is 50.7 Å². The van der Waals surface area contributed by atoms with Crippen LogP contribution in [0, 0.1) is 0 Å². The van der Waals surface area contributed by atoms with E-state index in [2.05, 4.69) is 11.9 Å². The van der Waals surface area contributed by atoms with Crippen molar-refractivity contribution in [2.45, 2.75) is 6.92 Å². The smallest absolute Gasteiger partial charge is 0.335 e. The molecule has 5 nitrogen and oxygen atoms in total. The molecule has 0 saturated carbocycles. The van der Waals surface area contributed by atoms with Crippen LogP contribution in [0.5, 0.6) is 0 Å². The van der Waals surface area contributed by atoms with Gasteiger partial charge in [-0.15, -0.1) is 0 Å². The number of quaternary nitrogens is 1. The standard InChI is InChI=1S/C12H20N2O3/c1-6-11(15)13-9-10(2)12(16)17-8-7-14(3,4)5/h6,9H,1,7-8H2,2-5H3/p+1. The zero-order valence-corrected chi connectivity index (χ0v) is 10.9. The number of nitrogens with one attached hydrogen (secondary N) is 1. The number of carbonyl (C=O) groups is 2. The Bertz CT molecular complexity index is 327. The van der Waals surface area contributed by atoms with Gasteiger partial charge in [-0.3, -0.25) is 4.79 Å². The summed E-state index contributed by atoms with van der Waals surface area (Å²) in [4.78, 5) is 22.3. The van der Waals surface area contributed by atoms with Crippen LogP contribution >= 0.6 is 0 Å². The van der Waals surface area contributed by atoms with E-state index < -0.39 is 5.97 Å². The van der Waals surface area contributed by atoms with Gasteiger partial charge in [0.05, 0.1) is 26.7 Å². The highest BCUT2D eigenvalue weighted by Gasteiger charge is 2.10. The Balaban J connectivity index is 4.06. The minimum absolute atomic E-state index is 0.349. The molecule has 0 bridgehead atoms. The van der Waals surface area contributed by atoms with E-state index in [0.29, 0.717) is 12.2 Å². The SMILES string of the molecule is C=CC(=O)NC=C(C)C(=O)OCC[N+](C)(C)C. The number of nitrogens with zero attached hydrogens (tertiary/aromatic N) is 1. The van der Waals surface area contributed by atoms with Crippen molar-refractivity contribution in [2.75, 3.05) is 34.3 Å². The lowest BCUT2D eigenvalue weighted by atomic mass is 10.3. The van der Waals surface area contributed by atoms with Crippen molar-refractivity contribution in [3.63, 3.8) is 0 Å². The molecule has 0 aromatic heterocycles. The second-order valence-corrected chi connectivity index (χ2v) is 4.69. The third-order valence-corrected chi connectivity index (χ3v) is 1.93. The second kappa shape index (κ2) is 6.85. The fourth-order valence-electron chi connectivity index (χ4n) is 0.823. The number of ether oxygens (including phenoxy) is 1. The zero-order valence-electron chi connectivity index (χ0n) is 10.9. The molecule has 0 heterocycles. The van der Waals surface area contributed by atoms with Crippen LogP contribution < -0.4 is 5.32 Å². The van der Waals surface area contributed by atoms with E-state index in [1.807, 2.05) is 21.1 Å². The molecule has 0 aliphatic heterocycles. The second-order valence-electron chi connectivity index (χ2n) is 4.69. The van der Waals surface area contributed by atoms with E-state index in [9.17, 15) is 9.59 Å². The summed E-state index contributed by atoms with van der Waals surface area (Å²) in [5.74, 6) is -0.786. The Morgan fingerprint density at radius 3 is 2.41 bits per heavy atom. The Hall–Kier alpha value is -1.62. The molecule has 0 unspecified atom stereocenters. The lowest BCUT2D eigenvalue weighted by molar-refractivity contribution is -0.870. The number of carbonyl (C=O) groups excluding carboxylic acids is 2. The van der Waals surface area contributed by atoms with Gasteiger partial charge in [0.15, 0.2) is 0 Å². The number of hydrogen-bond acceptors (Lipinski definition) is 3. The van der Waals surface area contributed by atoms with Crippen molar-refractivity contribution >= 4 is 11.9 Å². The van der Waals surface area contributed by atoms with Crippen LogP contribution in [0.2, 0.25) is 0 Å². The molecule has 1 amide bonds. The average molecular weight is 241 g/mol. The highest BCUT2D eigenvalue weighted by molar-refractivity contribution is 5.91. The molecule has 0 atom stereocenters. The maximum atomic E-state index is 11.5. The first-order valence-corrected chi connectivity index (χ1v) is 5.33. The quantitative estimate of drug-likeness (QED) is 0.417. The van der Waals surface area contributed by atoms with Gasteiger partial charge in [-0.1, -0.05) is 6.58 Å². The maximum absolute atomic E-state index is 11.5. The Morgan fingerprint density at radius 1 is 1.35 bits per heavy atom. The summed E-state index contributed by atoms with van der Waals surface area (Å²) in [6.45, 7) is 5.97. The molecular weight excluding hydrogens is 220 g/mol. The van der Waals surface area contributed by atoms with Gasteiger partial charge >= 0.3 is 5.97 Å². The summed E-state index contributed by atoms with van der Waals surface area (Å²) in [6, 6.07) is 0. The van der Waals surface area contributed by atoms with Crippen LogP contribution in [0.15, 0.2) is 24.4 Å². The predicted octanol–water partition coefficient (Wildman–Crippen LogP) is 0.442. The molecular formula is C12H21N2O3+. The van der Waals surface area contributed by atoms with E-state index in [1.165, 1.54) is 6.20 Å². The monoisotopic (exact) mass is 241 g/mol. The maximum Gasteiger partial charge on any atom is 0.335 e. The van der Waals surface area contributed by atoms with Crippen molar-refractivity contribution < 1.29 is 18.8 Å². The third kappa shape index (κ3) is 8.21. The van der Waals surface area contributed by atoms with Gasteiger partial charge in [-0.05, 0) is 13.0 Å². The van der Waals surface area contributed by atoms with Gasteiger partial charge < -0.3 is 14.5 Å². The average Bonchev–Trinajstić information content (AvgIpc) is 2.23. The topological polar surface area (TPSA) is 55.4 Å². The van der Waals surface area contributed by atoms with Gasteiger partial charge in [-0.2, -0.15) is 0 Å². The van der Waals surface area contributed by atoms with Gasteiger partial charge in [0.2, 0.25) is 5.91 Å². The van der Waals surface area contributed by atoms with Crippen molar-refractivity contribution in [1.82, 2.24) is 5.32 Å². The minimum atomic E-state index is -0.428. The number of amides is 1. The molecule has 1 N–H and O–H groups in total. The van der Waals surface area contributed by atoms with Crippen LogP contribution in [-0.2, 0) is 14.3 Å². The van der Waals surface area contributed by atoms with E-state index in [4.69, 9.17) is 4.74 Å². The molecule has 0 radical (unpaired) electrons. The zero-order chi connectivity index (χ0) is 13.5. The highest BCUT2D eigenvalue weighted by atomic mass is 16.5. The molecule has 0 aromatic carbocycles. The first-order valence-electron chi connectivity index (χ1n) is 5.33. The van der Waals surface area contributed by atoms with Gasteiger partial charge in [0.1, 0.15) is 13.2 Å². The fourth-order valence-corrected chi connectivity index (χ4v) is 0.823. The van der Waals surface area contributed by atoms with E-state index in [0.717, 1.165) is 17.1 Å². The molecule has 0 aromatic rings. The Kier molecular flexibility index (Phi) is 6.20. The third-order valence-electron chi connectivity index (χ3n) is 1.93. The first kappa shape index (κ1) is 15.4. The normalized spacial score (nSPS) is 11.9. The highest BCUT2D eigenvalue weighted by Crippen LogP contribution is 1.97. The van der Waals surface area contributed by atoms with E-state index in [-0.39, 0.29) is 5.91 Å². The van der Waals surface area contributed by atoms with Crippen LogP contribution in [0.25, 0.3) is 0 Å². The molecule has 5 heteroatoms. The largest absolute Gasteiger partial charge is 0.456 e. The number of esters is 1. The van der Waals surface area contributed by atoms with Crippen LogP contribution in [0.3, 0.4) is 0 Å². The van der Waals surface area contributed by atoms with Crippen molar-refractivity contribution in [3.8, 4) is 0 Å². The fraction of sp³-hybridized carbons (Fsp3) is 0.500. The van der Waals surface area contributed by atoms with Gasteiger partial charge in [0.25, 0.3) is 0 Å². The van der Waals surface area contributed by atoms with Gasteiger partial charge in [-0.25, -0.2) is 4.79 Å². The van der Waals surface area contributed by atoms with Crippen molar-refractivity contribution in [1.29, 1.82) is 0 Å². The van der Waals surface area contributed by atoms with Crippen LogP contribution in [0.1, 0.15) is 6.92 Å². The van der Waals surface area contributed by atoms with Gasteiger partial charge in [0, 0.05) is 6.20 Å². The molecule has 96 valence electrons. The summed E-state index contributed by atoms with van der Waals surface area (Å²) in [7, 11) is 6.04. The predicted molar refractivity (Wildman–Crippen MR) is 66.0 cm³/mol. The van der Waals surface area contributed by atoms with Crippen LogP contribution in [0.4, 0.5) is 0 Å². The first-order chi connectivity index (χ1) is 7.76. The Labute approximate surface area is 102 Å². The minimum Gasteiger partial charge on any atom is -0.456 e. The lowest BCUT2D eigenvalue weighted by Crippen LogP contribution is -2.38. The van der Waals surface area contributed by atoms with E-state index >= 15 is 0 Å². The number of hydrogen-bond donors (Lipinski definition) is 1. The molecule has 0 saturated heterocycles. The Morgan fingerprint density at radius 2 is 1.94 bits per heavy atom. The number of rotatable bonds is 6. The molecule has 0 aliphatic carbocycles. The summed E-state index contributed by atoms with van der Waals surface area (Å²) in [5.41, 5.74) is 0.349. The van der Waals surface area contributed by atoms with E-state index in [1.54, 1.807) is 6.92 Å². The molecule has 0 rings (SSSR count). The summed E-state index contributed by atoms with van der Waals surface area (Å²) < 4.78 is 5.77. The summed E-state index contributed by atoms with van der Waals surface area (Å²) in [6.07, 6.45) is 2.45. The summed E-state index contributed by atoms with van der Waals surface area (Å²) in [5, 5.41) is 2.40. The molecule has 17 heavy (non-hydrogen) atoms. The number of likely N-dealkylation sites (N-methyl/N-ethyl adjacent to an activating group) is 1. The van der Waals surface area contributed by atoms with Crippen molar-refractivity contribution in [2.24, 2.45) is 0 Å².